The lowest BCUT2D eigenvalue weighted by Gasteiger charge is -2.11. The van der Waals surface area contributed by atoms with Crippen LogP contribution in [-0.4, -0.2) is 13.1 Å². The van der Waals surface area contributed by atoms with Gasteiger partial charge in [-0.3, -0.25) is 0 Å². The highest BCUT2D eigenvalue weighted by Crippen LogP contribution is 2.23. The molecule has 0 radical (unpaired) electrons. The zero-order chi connectivity index (χ0) is 14.5. The second-order valence-electron chi connectivity index (χ2n) is 4.16. The van der Waals surface area contributed by atoms with E-state index in [-0.39, 0.29) is 0 Å². The number of hydrogen-bond acceptors (Lipinski definition) is 4. The minimum atomic E-state index is -0.469. The van der Waals surface area contributed by atoms with Crippen LogP contribution in [0.3, 0.4) is 0 Å². The lowest BCUT2D eigenvalue weighted by atomic mass is 10.1. The summed E-state index contributed by atoms with van der Waals surface area (Å²) in [5.41, 5.74) is 7.49. The number of nitrogen functional groups attached to an aromatic ring is 1. The van der Waals surface area contributed by atoms with E-state index in [2.05, 4.69) is 15.9 Å². The first kappa shape index (κ1) is 14.4. The van der Waals surface area contributed by atoms with Crippen molar-refractivity contribution in [3.05, 3.63) is 58.1 Å². The minimum absolute atomic E-state index is 0.324. The topological polar surface area (TPSA) is 61.5 Å². The fraction of sp³-hybridized carbons (Fsp3) is 0.133. The quantitative estimate of drug-likeness (QED) is 0.687. The Hall–Kier alpha value is -2.01. The second kappa shape index (κ2) is 6.43. The molecule has 0 spiro atoms. The highest BCUT2D eigenvalue weighted by molar-refractivity contribution is 9.10. The maximum absolute atomic E-state index is 11.7. The summed E-state index contributed by atoms with van der Waals surface area (Å²) in [7, 11) is 1.32. The number of ether oxygens (including phenoxy) is 2. The van der Waals surface area contributed by atoms with Crippen LogP contribution in [0.5, 0.6) is 5.75 Å². The largest absolute Gasteiger partial charge is 0.488 e. The molecule has 20 heavy (non-hydrogen) atoms. The van der Waals surface area contributed by atoms with Gasteiger partial charge in [-0.15, -0.1) is 0 Å². The molecule has 5 heteroatoms. The third-order valence-corrected chi connectivity index (χ3v) is 3.25. The highest BCUT2D eigenvalue weighted by Gasteiger charge is 2.13. The van der Waals surface area contributed by atoms with Gasteiger partial charge in [-0.05, 0) is 35.9 Å². The van der Waals surface area contributed by atoms with Gasteiger partial charge in [-0.25, -0.2) is 4.79 Å². The van der Waals surface area contributed by atoms with Crippen LogP contribution in [0.25, 0.3) is 0 Å². The predicted molar refractivity (Wildman–Crippen MR) is 80.7 cm³/mol. The van der Waals surface area contributed by atoms with Crippen LogP contribution in [0.1, 0.15) is 15.9 Å². The van der Waals surface area contributed by atoms with E-state index in [1.54, 1.807) is 18.2 Å². The molecule has 2 aromatic carbocycles. The molecule has 2 N–H and O–H groups in total. The molecule has 0 bridgehead atoms. The van der Waals surface area contributed by atoms with Crippen LogP contribution in [0.4, 0.5) is 5.69 Å². The standard InChI is InChI=1S/C15H14BrNO3/c1-19-15(18)13-8-12(17)6-7-14(13)20-9-10-2-4-11(16)5-3-10/h2-8H,9,17H2,1H3. The van der Waals surface area contributed by atoms with Crippen molar-refractivity contribution < 1.29 is 14.3 Å². The smallest absolute Gasteiger partial charge is 0.341 e. The molecule has 0 amide bonds. The summed E-state index contributed by atoms with van der Waals surface area (Å²) in [6.07, 6.45) is 0. The monoisotopic (exact) mass is 335 g/mol. The van der Waals surface area contributed by atoms with E-state index in [0.29, 0.717) is 23.6 Å². The predicted octanol–water partition coefficient (Wildman–Crippen LogP) is 3.40. The molecule has 0 aliphatic heterocycles. The number of anilines is 1. The third kappa shape index (κ3) is 3.51. The zero-order valence-electron chi connectivity index (χ0n) is 10.9. The molecule has 0 fully saturated rings. The molecule has 0 unspecified atom stereocenters. The number of benzene rings is 2. The van der Waals surface area contributed by atoms with Crippen molar-refractivity contribution in [3.8, 4) is 5.75 Å². The molecule has 0 aliphatic carbocycles. The zero-order valence-corrected chi connectivity index (χ0v) is 12.5. The molecule has 0 aliphatic rings. The summed E-state index contributed by atoms with van der Waals surface area (Å²) < 4.78 is 11.4. The molecule has 4 nitrogen and oxygen atoms in total. The number of methoxy groups -OCH3 is 1. The van der Waals surface area contributed by atoms with Gasteiger partial charge in [0.1, 0.15) is 17.9 Å². The van der Waals surface area contributed by atoms with Crippen molar-refractivity contribution in [2.75, 3.05) is 12.8 Å². The maximum Gasteiger partial charge on any atom is 0.341 e. The molecule has 0 heterocycles. The Bertz CT molecular complexity index is 611. The normalized spacial score (nSPS) is 10.1. The van der Waals surface area contributed by atoms with E-state index in [1.165, 1.54) is 7.11 Å². The Labute approximate surface area is 125 Å². The average molecular weight is 336 g/mol. The van der Waals surface area contributed by atoms with Gasteiger partial charge in [-0.2, -0.15) is 0 Å². The van der Waals surface area contributed by atoms with Gasteiger partial charge in [0.15, 0.2) is 0 Å². The van der Waals surface area contributed by atoms with Crippen LogP contribution < -0.4 is 10.5 Å². The molecule has 2 aromatic rings. The molecule has 0 atom stereocenters. The molecular weight excluding hydrogens is 322 g/mol. The first-order valence-corrected chi connectivity index (χ1v) is 6.74. The third-order valence-electron chi connectivity index (χ3n) is 2.72. The van der Waals surface area contributed by atoms with E-state index < -0.39 is 5.97 Å². The maximum atomic E-state index is 11.7. The Morgan fingerprint density at radius 3 is 2.55 bits per heavy atom. The van der Waals surface area contributed by atoms with Crippen LogP contribution in [-0.2, 0) is 11.3 Å². The van der Waals surface area contributed by atoms with E-state index in [9.17, 15) is 4.79 Å². The van der Waals surface area contributed by atoms with Crippen molar-refractivity contribution in [2.45, 2.75) is 6.61 Å². The second-order valence-corrected chi connectivity index (χ2v) is 5.08. The van der Waals surface area contributed by atoms with Crippen LogP contribution in [0.15, 0.2) is 46.9 Å². The molecule has 2 rings (SSSR count). The SMILES string of the molecule is COC(=O)c1cc(N)ccc1OCc1ccc(Br)cc1. The number of rotatable bonds is 4. The van der Waals surface area contributed by atoms with Crippen molar-refractivity contribution >= 4 is 27.6 Å². The van der Waals surface area contributed by atoms with Crippen LogP contribution in [0, 0.1) is 0 Å². The van der Waals surface area contributed by atoms with E-state index in [0.717, 1.165) is 10.0 Å². The van der Waals surface area contributed by atoms with Crippen LogP contribution in [0.2, 0.25) is 0 Å². The Morgan fingerprint density at radius 2 is 1.90 bits per heavy atom. The van der Waals surface area contributed by atoms with Gasteiger partial charge in [0.2, 0.25) is 0 Å². The lowest BCUT2D eigenvalue weighted by Crippen LogP contribution is -2.06. The molecular formula is C15H14BrNO3. The Balaban J connectivity index is 2.16. The summed E-state index contributed by atoms with van der Waals surface area (Å²) in [5.74, 6) is -0.0166. The summed E-state index contributed by atoms with van der Waals surface area (Å²) >= 11 is 3.37. The summed E-state index contributed by atoms with van der Waals surface area (Å²) in [5, 5.41) is 0. The van der Waals surface area contributed by atoms with Gasteiger partial charge in [0.05, 0.1) is 7.11 Å². The lowest BCUT2D eigenvalue weighted by molar-refractivity contribution is 0.0595. The first-order valence-electron chi connectivity index (χ1n) is 5.95. The van der Waals surface area contributed by atoms with Crippen molar-refractivity contribution in [2.24, 2.45) is 0 Å². The molecule has 0 saturated carbocycles. The van der Waals surface area contributed by atoms with Gasteiger partial charge in [0.25, 0.3) is 0 Å². The van der Waals surface area contributed by atoms with E-state index in [4.69, 9.17) is 15.2 Å². The number of carbonyl (C=O) groups excluding carboxylic acids is 1. The Kier molecular flexibility index (Phi) is 4.63. The molecule has 104 valence electrons. The van der Waals surface area contributed by atoms with Crippen molar-refractivity contribution in [3.63, 3.8) is 0 Å². The van der Waals surface area contributed by atoms with E-state index >= 15 is 0 Å². The van der Waals surface area contributed by atoms with Crippen LogP contribution >= 0.6 is 15.9 Å². The number of hydrogen-bond donors (Lipinski definition) is 1. The summed E-state index contributed by atoms with van der Waals surface area (Å²) in [6, 6.07) is 12.6. The first-order chi connectivity index (χ1) is 9.60. The van der Waals surface area contributed by atoms with Gasteiger partial charge in [0, 0.05) is 10.2 Å². The Morgan fingerprint density at radius 1 is 1.20 bits per heavy atom. The average Bonchev–Trinajstić information content (AvgIpc) is 2.46. The number of carbonyl (C=O) groups is 1. The minimum Gasteiger partial charge on any atom is -0.488 e. The van der Waals surface area contributed by atoms with Gasteiger partial charge in [-0.1, -0.05) is 28.1 Å². The van der Waals surface area contributed by atoms with Crippen molar-refractivity contribution in [1.82, 2.24) is 0 Å². The highest BCUT2D eigenvalue weighted by atomic mass is 79.9. The van der Waals surface area contributed by atoms with Gasteiger partial charge < -0.3 is 15.2 Å². The molecule has 0 aromatic heterocycles. The number of nitrogens with two attached hydrogens (primary N) is 1. The number of halogens is 1. The fourth-order valence-electron chi connectivity index (χ4n) is 1.68. The molecule has 0 saturated heterocycles. The van der Waals surface area contributed by atoms with E-state index in [1.807, 2.05) is 24.3 Å². The summed E-state index contributed by atoms with van der Waals surface area (Å²) in [4.78, 5) is 11.7. The number of esters is 1. The summed E-state index contributed by atoms with van der Waals surface area (Å²) in [6.45, 7) is 0.362. The van der Waals surface area contributed by atoms with Crippen molar-refractivity contribution in [1.29, 1.82) is 0 Å². The fourth-order valence-corrected chi connectivity index (χ4v) is 1.95. The van der Waals surface area contributed by atoms with Gasteiger partial charge >= 0.3 is 5.97 Å².